The number of nitrogens with zero attached hydrogens (tertiary/aromatic N) is 1. The van der Waals surface area contributed by atoms with Gasteiger partial charge in [-0.05, 0) is 41.5 Å². The minimum atomic E-state index is -0.189. The number of phenolic OH excluding ortho intramolecular Hbond substituents is 1. The van der Waals surface area contributed by atoms with Crippen LogP contribution in [0.3, 0.4) is 0 Å². The molecule has 6 heteroatoms. The highest BCUT2D eigenvalue weighted by Crippen LogP contribution is 2.40. The van der Waals surface area contributed by atoms with E-state index in [2.05, 4.69) is 17.0 Å². The van der Waals surface area contributed by atoms with Crippen LogP contribution in [0.4, 0.5) is 0 Å². The zero-order valence-electron chi connectivity index (χ0n) is 18.4. The number of carbonyl (C=O) groups excluding carboxylic acids is 1. The van der Waals surface area contributed by atoms with Gasteiger partial charge in [0.05, 0.1) is 30.9 Å². The molecule has 0 spiro atoms. The molecule has 2 aliphatic heterocycles. The smallest absolute Gasteiger partial charge is 0.231 e. The summed E-state index contributed by atoms with van der Waals surface area (Å²) >= 11 is 0. The van der Waals surface area contributed by atoms with Gasteiger partial charge in [-0.1, -0.05) is 42.5 Å². The van der Waals surface area contributed by atoms with Gasteiger partial charge >= 0.3 is 0 Å². The van der Waals surface area contributed by atoms with Crippen molar-refractivity contribution in [1.82, 2.24) is 4.90 Å². The SMILES string of the molecule is COc1ccc(/C=C2/Oc3c(ccc(O)c3CN3CCO[C@@H](c4ccccc4)C3)C2=O)cc1. The summed E-state index contributed by atoms with van der Waals surface area (Å²) < 4.78 is 17.2. The van der Waals surface area contributed by atoms with Crippen LogP contribution < -0.4 is 9.47 Å². The molecule has 2 heterocycles. The Morgan fingerprint density at radius 3 is 2.64 bits per heavy atom. The van der Waals surface area contributed by atoms with Gasteiger partial charge in [0.15, 0.2) is 5.76 Å². The summed E-state index contributed by atoms with van der Waals surface area (Å²) in [6.07, 6.45) is 1.68. The molecule has 3 aromatic carbocycles. The first-order valence-electron chi connectivity index (χ1n) is 10.9. The fraction of sp³-hybridized carbons (Fsp3) is 0.222. The minimum Gasteiger partial charge on any atom is -0.507 e. The highest BCUT2D eigenvalue weighted by molar-refractivity contribution is 6.15. The Hall–Kier alpha value is -3.61. The van der Waals surface area contributed by atoms with Gasteiger partial charge in [0.1, 0.15) is 17.2 Å². The van der Waals surface area contributed by atoms with E-state index < -0.39 is 0 Å². The van der Waals surface area contributed by atoms with Crippen molar-refractivity contribution in [1.29, 1.82) is 0 Å². The zero-order chi connectivity index (χ0) is 22.8. The quantitative estimate of drug-likeness (QED) is 0.582. The van der Waals surface area contributed by atoms with E-state index in [1.165, 1.54) is 0 Å². The van der Waals surface area contributed by atoms with Crippen LogP contribution in [0.2, 0.25) is 0 Å². The van der Waals surface area contributed by atoms with Gasteiger partial charge in [-0.25, -0.2) is 0 Å². The van der Waals surface area contributed by atoms with Crippen LogP contribution in [0.1, 0.15) is 33.2 Å². The molecule has 33 heavy (non-hydrogen) atoms. The highest BCUT2D eigenvalue weighted by atomic mass is 16.5. The normalized spacial score (nSPS) is 19.4. The van der Waals surface area contributed by atoms with E-state index in [1.54, 1.807) is 25.3 Å². The molecule has 1 N–H and O–H groups in total. The maximum absolute atomic E-state index is 13.0. The number of rotatable bonds is 5. The molecule has 3 aromatic rings. The highest BCUT2D eigenvalue weighted by Gasteiger charge is 2.32. The number of ether oxygens (including phenoxy) is 3. The lowest BCUT2D eigenvalue weighted by molar-refractivity contribution is -0.0332. The van der Waals surface area contributed by atoms with Gasteiger partial charge in [-0.3, -0.25) is 9.69 Å². The number of fused-ring (bicyclic) bond motifs is 1. The number of morpholine rings is 1. The van der Waals surface area contributed by atoms with Gasteiger partial charge in [-0.2, -0.15) is 0 Å². The Bertz CT molecular complexity index is 1190. The number of aromatic hydroxyl groups is 1. The molecule has 1 fully saturated rings. The number of allylic oxidation sites excluding steroid dienone is 1. The van der Waals surface area contributed by atoms with Crippen molar-refractivity contribution in [3.8, 4) is 17.2 Å². The van der Waals surface area contributed by atoms with Crippen LogP contribution in [-0.4, -0.2) is 42.6 Å². The predicted octanol–water partition coefficient (Wildman–Crippen LogP) is 4.59. The molecule has 1 atom stereocenters. The number of ketones is 1. The molecule has 5 rings (SSSR count). The first kappa shape index (κ1) is 21.2. The largest absolute Gasteiger partial charge is 0.507 e. The summed E-state index contributed by atoms with van der Waals surface area (Å²) in [5.74, 6) is 1.35. The molecule has 6 nitrogen and oxygen atoms in total. The summed E-state index contributed by atoms with van der Waals surface area (Å²) in [6.45, 7) is 2.48. The minimum absolute atomic E-state index is 0.0352. The van der Waals surface area contributed by atoms with Crippen LogP contribution in [-0.2, 0) is 11.3 Å². The summed E-state index contributed by atoms with van der Waals surface area (Å²) in [4.78, 5) is 15.2. The summed E-state index contributed by atoms with van der Waals surface area (Å²) in [7, 11) is 1.61. The van der Waals surface area contributed by atoms with E-state index in [1.807, 2.05) is 42.5 Å². The maximum Gasteiger partial charge on any atom is 0.231 e. The monoisotopic (exact) mass is 443 g/mol. The second-order valence-electron chi connectivity index (χ2n) is 8.16. The lowest BCUT2D eigenvalue weighted by Gasteiger charge is -2.33. The van der Waals surface area contributed by atoms with Crippen LogP contribution >= 0.6 is 0 Å². The fourth-order valence-electron chi connectivity index (χ4n) is 4.24. The number of carbonyl (C=O) groups is 1. The predicted molar refractivity (Wildman–Crippen MR) is 124 cm³/mol. The average molecular weight is 443 g/mol. The summed E-state index contributed by atoms with van der Waals surface area (Å²) in [5.41, 5.74) is 3.04. The number of hydrogen-bond acceptors (Lipinski definition) is 6. The lowest BCUT2D eigenvalue weighted by atomic mass is 10.0. The Kier molecular flexibility index (Phi) is 5.86. The number of hydrogen-bond donors (Lipinski definition) is 1. The molecule has 0 bridgehead atoms. The van der Waals surface area contributed by atoms with Crippen LogP contribution in [0.25, 0.3) is 6.08 Å². The first-order chi connectivity index (χ1) is 16.1. The van der Waals surface area contributed by atoms with Gasteiger partial charge in [0, 0.05) is 19.6 Å². The third kappa shape index (κ3) is 4.35. The Morgan fingerprint density at radius 1 is 1.09 bits per heavy atom. The van der Waals surface area contributed by atoms with Crippen molar-refractivity contribution in [2.75, 3.05) is 26.8 Å². The fourth-order valence-corrected chi connectivity index (χ4v) is 4.24. The summed E-state index contributed by atoms with van der Waals surface area (Å²) in [6, 6.07) is 20.7. The Labute approximate surface area is 192 Å². The molecule has 0 radical (unpaired) electrons. The second-order valence-corrected chi connectivity index (χ2v) is 8.16. The molecule has 0 amide bonds. The van der Waals surface area contributed by atoms with Crippen LogP contribution in [0, 0.1) is 0 Å². The summed E-state index contributed by atoms with van der Waals surface area (Å²) in [5, 5.41) is 10.6. The lowest BCUT2D eigenvalue weighted by Crippen LogP contribution is -2.37. The second kappa shape index (κ2) is 9.10. The molecule has 168 valence electrons. The van der Waals surface area contributed by atoms with E-state index in [9.17, 15) is 9.90 Å². The Morgan fingerprint density at radius 2 is 1.88 bits per heavy atom. The number of methoxy groups -OCH3 is 1. The van der Waals surface area contributed by atoms with Crippen molar-refractivity contribution in [3.63, 3.8) is 0 Å². The van der Waals surface area contributed by atoms with E-state index >= 15 is 0 Å². The molecule has 0 aromatic heterocycles. The number of phenols is 1. The standard InChI is InChI=1S/C27H25NO5/c1-31-20-9-7-18(8-10-20)15-24-26(30)21-11-12-23(29)22(27(21)33-24)16-28-13-14-32-25(17-28)19-5-3-2-4-6-19/h2-12,15,25,29H,13-14,16-17H2,1H3/b24-15+/t25-/m1/s1. The molecular formula is C27H25NO5. The number of benzene rings is 3. The molecular weight excluding hydrogens is 418 g/mol. The third-order valence-corrected chi connectivity index (χ3v) is 6.03. The Balaban J connectivity index is 1.38. The zero-order valence-corrected chi connectivity index (χ0v) is 18.4. The van der Waals surface area contributed by atoms with Gasteiger partial charge in [0.25, 0.3) is 0 Å². The van der Waals surface area contributed by atoms with Crippen molar-refractivity contribution in [2.45, 2.75) is 12.6 Å². The van der Waals surface area contributed by atoms with E-state index in [-0.39, 0.29) is 23.4 Å². The first-order valence-corrected chi connectivity index (χ1v) is 10.9. The van der Waals surface area contributed by atoms with Gasteiger partial charge in [-0.15, -0.1) is 0 Å². The van der Waals surface area contributed by atoms with E-state index in [0.717, 1.165) is 23.4 Å². The van der Waals surface area contributed by atoms with Crippen LogP contribution in [0.5, 0.6) is 17.2 Å². The van der Waals surface area contributed by atoms with Crippen molar-refractivity contribution in [3.05, 3.63) is 94.7 Å². The number of Topliss-reactive ketones (excluding diaryl/α,β-unsaturated/α-hetero) is 1. The van der Waals surface area contributed by atoms with Gasteiger partial charge in [0.2, 0.25) is 5.78 Å². The molecule has 0 aliphatic carbocycles. The maximum atomic E-state index is 13.0. The average Bonchev–Trinajstić information content (AvgIpc) is 3.17. The van der Waals surface area contributed by atoms with E-state index in [4.69, 9.17) is 14.2 Å². The van der Waals surface area contributed by atoms with Gasteiger partial charge < -0.3 is 19.3 Å². The molecule has 0 unspecified atom stereocenters. The van der Waals surface area contributed by atoms with Crippen molar-refractivity contribution < 1.29 is 24.1 Å². The topological polar surface area (TPSA) is 68.2 Å². The van der Waals surface area contributed by atoms with Crippen molar-refractivity contribution >= 4 is 11.9 Å². The molecule has 0 saturated carbocycles. The van der Waals surface area contributed by atoms with Crippen LogP contribution in [0.15, 0.2) is 72.5 Å². The molecule has 2 aliphatic rings. The van der Waals surface area contributed by atoms with Crippen molar-refractivity contribution in [2.24, 2.45) is 0 Å². The van der Waals surface area contributed by atoms with E-state index in [0.29, 0.717) is 36.6 Å². The molecule has 1 saturated heterocycles. The third-order valence-electron chi connectivity index (χ3n) is 6.03.